The largest absolute Gasteiger partial charge is 0.493 e. The zero-order valence-corrected chi connectivity index (χ0v) is 20.6. The molecule has 5 nitrogen and oxygen atoms in total. The van der Waals surface area contributed by atoms with Crippen molar-refractivity contribution in [3.8, 4) is 11.5 Å². The van der Waals surface area contributed by atoms with Crippen molar-refractivity contribution in [3.05, 3.63) is 89.9 Å². The van der Waals surface area contributed by atoms with E-state index >= 15 is 0 Å². The topological polar surface area (TPSA) is 59.9 Å². The molecular weight excluding hydrogens is 574 g/mol. The summed E-state index contributed by atoms with van der Waals surface area (Å²) in [6.45, 7) is 0.254. The van der Waals surface area contributed by atoms with Gasteiger partial charge in [0.2, 0.25) is 0 Å². The zero-order valence-electron chi connectivity index (χ0n) is 16.2. The fourth-order valence-corrected chi connectivity index (χ4v) is 4.08. The minimum atomic E-state index is -0.400. The number of nitrogens with zero attached hydrogens (tertiary/aromatic N) is 1. The number of hydrazone groups is 1. The van der Waals surface area contributed by atoms with E-state index in [9.17, 15) is 4.79 Å². The number of hydrogen-bond acceptors (Lipinski definition) is 4. The second kappa shape index (κ2) is 11.0. The van der Waals surface area contributed by atoms with Crippen LogP contribution < -0.4 is 14.9 Å². The fraction of sp³-hybridized carbons (Fsp3) is 0.0909. The van der Waals surface area contributed by atoms with Gasteiger partial charge in [-0.2, -0.15) is 5.10 Å². The normalized spacial score (nSPS) is 10.9. The number of benzene rings is 3. The summed E-state index contributed by atoms with van der Waals surface area (Å²) in [4.78, 5) is 12.2. The van der Waals surface area contributed by atoms with Gasteiger partial charge in [0.15, 0.2) is 11.5 Å². The quantitative estimate of drug-likeness (QED) is 0.192. The Bertz CT molecular complexity index is 1140. The van der Waals surface area contributed by atoms with Crippen LogP contribution in [0.15, 0.2) is 59.7 Å². The Labute approximate surface area is 208 Å². The Morgan fingerprint density at radius 2 is 1.87 bits per heavy atom. The Morgan fingerprint density at radius 3 is 2.58 bits per heavy atom. The van der Waals surface area contributed by atoms with Crippen LogP contribution >= 0.6 is 57.4 Å². The first-order valence-electron chi connectivity index (χ1n) is 8.91. The molecule has 1 N–H and O–H groups in total. The Balaban J connectivity index is 1.72. The summed E-state index contributed by atoms with van der Waals surface area (Å²) < 4.78 is 12.2. The lowest BCUT2D eigenvalue weighted by atomic mass is 10.2. The number of rotatable bonds is 7. The van der Waals surface area contributed by atoms with E-state index in [4.69, 9.17) is 44.3 Å². The van der Waals surface area contributed by atoms with Crippen molar-refractivity contribution in [2.45, 2.75) is 6.61 Å². The van der Waals surface area contributed by atoms with Crippen LogP contribution in [0.2, 0.25) is 15.1 Å². The average Bonchev–Trinajstić information content (AvgIpc) is 2.74. The third-order valence-electron chi connectivity index (χ3n) is 4.14. The maximum atomic E-state index is 12.2. The van der Waals surface area contributed by atoms with Gasteiger partial charge < -0.3 is 9.47 Å². The predicted octanol–water partition coefficient (Wildman–Crippen LogP) is 6.60. The lowest BCUT2D eigenvalue weighted by molar-refractivity contribution is 0.0955. The zero-order chi connectivity index (χ0) is 22.4. The molecule has 0 heterocycles. The van der Waals surface area contributed by atoms with E-state index in [2.05, 4.69) is 33.1 Å². The molecule has 0 radical (unpaired) electrons. The van der Waals surface area contributed by atoms with Crippen molar-refractivity contribution >= 4 is 69.5 Å². The third-order valence-corrected chi connectivity index (χ3v) is 5.85. The van der Waals surface area contributed by atoms with Crippen LogP contribution in [0.4, 0.5) is 0 Å². The highest BCUT2D eigenvalue weighted by molar-refractivity contribution is 14.1. The summed E-state index contributed by atoms with van der Waals surface area (Å²) in [5, 5.41) is 5.45. The molecule has 3 aromatic carbocycles. The summed E-state index contributed by atoms with van der Waals surface area (Å²) in [5.41, 5.74) is 4.33. The molecule has 0 unspecified atom stereocenters. The molecular formula is C22H16Cl3IN2O3. The lowest BCUT2D eigenvalue weighted by Crippen LogP contribution is -2.17. The first kappa shape index (κ1) is 23.7. The number of hydrogen-bond donors (Lipinski definition) is 1. The van der Waals surface area contributed by atoms with Crippen molar-refractivity contribution in [1.82, 2.24) is 5.43 Å². The summed E-state index contributed by atoms with van der Waals surface area (Å²) in [6.07, 6.45) is 1.51. The minimum Gasteiger partial charge on any atom is -0.493 e. The molecule has 0 fully saturated rings. The molecule has 0 saturated carbocycles. The highest BCUT2D eigenvalue weighted by Gasteiger charge is 2.13. The van der Waals surface area contributed by atoms with E-state index in [1.54, 1.807) is 49.6 Å². The van der Waals surface area contributed by atoms with Crippen LogP contribution in [-0.2, 0) is 6.61 Å². The van der Waals surface area contributed by atoms with Gasteiger partial charge in [-0.1, -0.05) is 53.0 Å². The van der Waals surface area contributed by atoms with E-state index in [1.807, 2.05) is 12.1 Å². The third kappa shape index (κ3) is 6.26. The molecule has 0 atom stereocenters. The summed E-state index contributed by atoms with van der Waals surface area (Å²) in [5.74, 6) is 0.700. The SMILES string of the molecule is COc1cc(/C=N\NC(=O)c2ccccc2Cl)cc(I)c1OCc1ccc(Cl)cc1Cl. The molecule has 0 bridgehead atoms. The summed E-state index contributed by atoms with van der Waals surface area (Å²) >= 11 is 20.3. The van der Waals surface area contributed by atoms with Gasteiger partial charge in [-0.3, -0.25) is 4.79 Å². The highest BCUT2D eigenvalue weighted by atomic mass is 127. The minimum absolute atomic E-state index is 0.254. The van der Waals surface area contributed by atoms with Gasteiger partial charge in [0.1, 0.15) is 6.61 Å². The second-order valence-electron chi connectivity index (χ2n) is 6.24. The van der Waals surface area contributed by atoms with Gasteiger partial charge in [-0.25, -0.2) is 5.43 Å². The van der Waals surface area contributed by atoms with E-state index in [-0.39, 0.29) is 6.61 Å². The Kier molecular flexibility index (Phi) is 8.43. The summed E-state index contributed by atoms with van der Waals surface area (Å²) in [6, 6.07) is 15.6. The molecule has 0 aliphatic heterocycles. The van der Waals surface area contributed by atoms with Crippen LogP contribution in [0.1, 0.15) is 21.5 Å². The van der Waals surface area contributed by atoms with Crippen LogP contribution in [0, 0.1) is 3.57 Å². The molecule has 31 heavy (non-hydrogen) atoms. The van der Waals surface area contributed by atoms with Gasteiger partial charge in [-0.05, 0) is 64.6 Å². The monoisotopic (exact) mass is 588 g/mol. The molecule has 0 aromatic heterocycles. The van der Waals surface area contributed by atoms with Crippen molar-refractivity contribution in [1.29, 1.82) is 0 Å². The summed E-state index contributed by atoms with van der Waals surface area (Å²) in [7, 11) is 1.55. The first-order valence-corrected chi connectivity index (χ1v) is 11.1. The smallest absolute Gasteiger partial charge is 0.272 e. The van der Waals surface area contributed by atoms with Crippen LogP contribution in [0.5, 0.6) is 11.5 Å². The molecule has 0 aliphatic carbocycles. The molecule has 1 amide bonds. The van der Waals surface area contributed by atoms with Crippen molar-refractivity contribution in [2.24, 2.45) is 5.10 Å². The van der Waals surface area contributed by atoms with Gasteiger partial charge in [0.05, 0.1) is 27.5 Å². The van der Waals surface area contributed by atoms with Crippen LogP contribution in [0.3, 0.4) is 0 Å². The number of ether oxygens (including phenoxy) is 2. The van der Waals surface area contributed by atoms with E-state index in [1.165, 1.54) is 6.21 Å². The van der Waals surface area contributed by atoms with Gasteiger partial charge in [-0.15, -0.1) is 0 Å². The number of halogens is 4. The molecule has 0 saturated heterocycles. The highest BCUT2D eigenvalue weighted by Crippen LogP contribution is 2.35. The maximum absolute atomic E-state index is 12.2. The lowest BCUT2D eigenvalue weighted by Gasteiger charge is -2.14. The van der Waals surface area contributed by atoms with Crippen LogP contribution in [-0.4, -0.2) is 19.2 Å². The van der Waals surface area contributed by atoms with E-state index in [0.29, 0.717) is 32.1 Å². The number of carbonyl (C=O) groups is 1. The molecule has 160 valence electrons. The Morgan fingerprint density at radius 1 is 1.10 bits per heavy atom. The van der Waals surface area contributed by atoms with Gasteiger partial charge in [0.25, 0.3) is 5.91 Å². The number of methoxy groups -OCH3 is 1. The van der Waals surface area contributed by atoms with Crippen LogP contribution in [0.25, 0.3) is 0 Å². The number of nitrogens with one attached hydrogen (secondary N) is 1. The van der Waals surface area contributed by atoms with E-state index < -0.39 is 5.91 Å². The average molecular weight is 590 g/mol. The molecule has 3 rings (SSSR count). The molecule has 3 aromatic rings. The van der Waals surface area contributed by atoms with E-state index in [0.717, 1.165) is 14.7 Å². The maximum Gasteiger partial charge on any atom is 0.272 e. The molecule has 0 aliphatic rings. The Hall–Kier alpha value is -2.00. The molecule has 0 spiro atoms. The van der Waals surface area contributed by atoms with Crippen molar-refractivity contribution in [2.75, 3.05) is 7.11 Å². The predicted molar refractivity (Wildman–Crippen MR) is 133 cm³/mol. The number of carbonyl (C=O) groups excluding carboxylic acids is 1. The second-order valence-corrected chi connectivity index (χ2v) is 8.65. The number of amides is 1. The van der Waals surface area contributed by atoms with Gasteiger partial charge >= 0.3 is 0 Å². The van der Waals surface area contributed by atoms with Crippen molar-refractivity contribution in [3.63, 3.8) is 0 Å². The molecule has 9 heteroatoms. The van der Waals surface area contributed by atoms with Crippen molar-refractivity contribution < 1.29 is 14.3 Å². The van der Waals surface area contributed by atoms with Gasteiger partial charge in [0, 0.05) is 15.6 Å². The fourth-order valence-electron chi connectivity index (χ4n) is 2.61. The standard InChI is InChI=1S/C22H16Cl3IN2O3/c1-30-20-9-13(11-27-28-22(29)16-4-2-3-5-17(16)24)8-19(26)21(20)31-12-14-6-7-15(23)10-18(14)25/h2-11H,12H2,1H3,(H,28,29)/b27-11-. The first-order chi connectivity index (χ1) is 14.9.